The van der Waals surface area contributed by atoms with Gasteiger partial charge >= 0.3 is 0 Å². The van der Waals surface area contributed by atoms with Crippen molar-refractivity contribution in [3.63, 3.8) is 0 Å². The number of nitrogens with two attached hydrogens (primary N) is 1. The molecule has 3 N–H and O–H groups in total. The van der Waals surface area contributed by atoms with Crippen LogP contribution in [0.15, 0.2) is 89.8 Å². The number of nitrogen functional groups attached to an aromatic ring is 1. The fourth-order valence-corrected chi connectivity index (χ4v) is 3.66. The van der Waals surface area contributed by atoms with E-state index in [0.717, 1.165) is 21.7 Å². The molecule has 0 radical (unpaired) electrons. The summed E-state index contributed by atoms with van der Waals surface area (Å²) in [5, 5.41) is 11.4. The molecule has 0 bridgehead atoms. The third kappa shape index (κ3) is 3.41. The smallest absolute Gasteiger partial charge is 0.124 e. The number of aliphatic hydroxyl groups is 1. The number of para-hydroxylation sites is 1. The van der Waals surface area contributed by atoms with Crippen LogP contribution in [-0.4, -0.2) is 10.9 Å². The molecule has 0 heterocycles. The van der Waals surface area contributed by atoms with Crippen LogP contribution in [0.3, 0.4) is 0 Å². The first-order valence-electron chi connectivity index (χ1n) is 7.51. The highest BCUT2D eigenvalue weighted by Gasteiger charge is 2.31. The maximum Gasteiger partial charge on any atom is 0.124 e. The van der Waals surface area contributed by atoms with Crippen LogP contribution in [0.2, 0.25) is 0 Å². The molecule has 3 rings (SSSR count). The Bertz CT molecular complexity index is 719. The summed E-state index contributed by atoms with van der Waals surface area (Å²) in [6.45, 7) is 0. The Morgan fingerprint density at radius 1 is 0.739 bits per heavy atom. The normalized spacial score (nSPS) is 11.3. The minimum Gasteiger partial charge on any atom is -0.398 e. The number of thioether (sulfide) groups is 1. The topological polar surface area (TPSA) is 46.2 Å². The Balaban J connectivity index is 1.95. The van der Waals surface area contributed by atoms with Gasteiger partial charge in [-0.05, 0) is 23.3 Å². The van der Waals surface area contributed by atoms with E-state index in [-0.39, 0.29) is 0 Å². The van der Waals surface area contributed by atoms with Crippen molar-refractivity contribution < 1.29 is 5.11 Å². The minimum absolute atomic E-state index is 0.495. The molecule has 0 saturated heterocycles. The molecule has 0 spiro atoms. The van der Waals surface area contributed by atoms with E-state index in [1.165, 1.54) is 0 Å². The van der Waals surface area contributed by atoms with E-state index in [1.54, 1.807) is 11.8 Å². The number of hydrogen-bond donors (Lipinski definition) is 2. The lowest BCUT2D eigenvalue weighted by Gasteiger charge is -2.29. The SMILES string of the molecule is Nc1ccccc1SCC(O)(c1ccccc1)c1ccccc1. The summed E-state index contributed by atoms with van der Waals surface area (Å²) in [7, 11) is 0. The van der Waals surface area contributed by atoms with Gasteiger partial charge in [0, 0.05) is 16.3 Å². The van der Waals surface area contributed by atoms with Gasteiger partial charge in [-0.3, -0.25) is 0 Å². The van der Waals surface area contributed by atoms with Gasteiger partial charge in [0.15, 0.2) is 0 Å². The van der Waals surface area contributed by atoms with Gasteiger partial charge in [0.05, 0.1) is 0 Å². The van der Waals surface area contributed by atoms with Crippen LogP contribution in [0.25, 0.3) is 0 Å². The first-order chi connectivity index (χ1) is 11.2. The maximum atomic E-state index is 11.4. The van der Waals surface area contributed by atoms with Crippen molar-refractivity contribution in [3.05, 3.63) is 96.1 Å². The largest absolute Gasteiger partial charge is 0.398 e. The average molecular weight is 321 g/mol. The van der Waals surface area contributed by atoms with Gasteiger partial charge in [-0.2, -0.15) is 0 Å². The van der Waals surface area contributed by atoms with Crippen molar-refractivity contribution in [2.45, 2.75) is 10.5 Å². The van der Waals surface area contributed by atoms with Crippen molar-refractivity contribution in [3.8, 4) is 0 Å². The monoisotopic (exact) mass is 321 g/mol. The van der Waals surface area contributed by atoms with Gasteiger partial charge in [-0.25, -0.2) is 0 Å². The van der Waals surface area contributed by atoms with Gasteiger partial charge in [0.2, 0.25) is 0 Å². The quantitative estimate of drug-likeness (QED) is 0.544. The van der Waals surface area contributed by atoms with Gasteiger partial charge < -0.3 is 10.8 Å². The molecule has 0 saturated carbocycles. The molecule has 3 aromatic carbocycles. The molecule has 0 aromatic heterocycles. The van der Waals surface area contributed by atoms with Gasteiger partial charge in [-0.1, -0.05) is 72.8 Å². The zero-order valence-corrected chi connectivity index (χ0v) is 13.5. The Kier molecular flexibility index (Phi) is 4.70. The molecular weight excluding hydrogens is 302 g/mol. The maximum absolute atomic E-state index is 11.4. The third-order valence-corrected chi connectivity index (χ3v) is 5.10. The van der Waals surface area contributed by atoms with Crippen LogP contribution >= 0.6 is 11.8 Å². The predicted molar refractivity (Wildman–Crippen MR) is 97.5 cm³/mol. The first-order valence-corrected chi connectivity index (χ1v) is 8.49. The Morgan fingerprint density at radius 3 is 1.74 bits per heavy atom. The van der Waals surface area contributed by atoms with E-state index in [9.17, 15) is 5.11 Å². The molecule has 0 amide bonds. The lowest BCUT2D eigenvalue weighted by molar-refractivity contribution is 0.107. The standard InChI is InChI=1S/C20H19NOS/c21-18-13-7-8-14-19(18)23-15-20(22,16-9-3-1-4-10-16)17-11-5-2-6-12-17/h1-14,22H,15,21H2. The Morgan fingerprint density at radius 2 is 1.22 bits per heavy atom. The fourth-order valence-electron chi connectivity index (χ4n) is 2.56. The highest BCUT2D eigenvalue weighted by Crippen LogP contribution is 2.36. The molecule has 0 unspecified atom stereocenters. The van der Waals surface area contributed by atoms with Crippen LogP contribution in [0.5, 0.6) is 0 Å². The zero-order valence-electron chi connectivity index (χ0n) is 12.7. The molecule has 0 aliphatic heterocycles. The van der Waals surface area contributed by atoms with Gasteiger partial charge in [-0.15, -0.1) is 11.8 Å². The van der Waals surface area contributed by atoms with Crippen molar-refractivity contribution in [2.24, 2.45) is 0 Å². The van der Waals surface area contributed by atoms with E-state index in [1.807, 2.05) is 84.9 Å². The number of hydrogen-bond acceptors (Lipinski definition) is 3. The summed E-state index contributed by atoms with van der Waals surface area (Å²) >= 11 is 1.57. The summed E-state index contributed by atoms with van der Waals surface area (Å²) in [4.78, 5) is 0.984. The molecule has 3 heteroatoms. The number of anilines is 1. The van der Waals surface area contributed by atoms with Crippen molar-refractivity contribution >= 4 is 17.4 Å². The molecule has 0 aliphatic carbocycles. The molecule has 0 fully saturated rings. The van der Waals surface area contributed by atoms with Gasteiger partial charge in [0.1, 0.15) is 5.60 Å². The summed E-state index contributed by atoms with van der Waals surface area (Å²) in [6.07, 6.45) is 0. The van der Waals surface area contributed by atoms with E-state index >= 15 is 0 Å². The fraction of sp³-hybridized carbons (Fsp3) is 0.100. The van der Waals surface area contributed by atoms with Crippen molar-refractivity contribution in [1.29, 1.82) is 0 Å². The van der Waals surface area contributed by atoms with Crippen molar-refractivity contribution in [1.82, 2.24) is 0 Å². The summed E-state index contributed by atoms with van der Waals surface area (Å²) in [5.41, 5.74) is 7.47. The Hall–Kier alpha value is -2.23. The lowest BCUT2D eigenvalue weighted by Crippen LogP contribution is -2.30. The van der Waals surface area contributed by atoms with Crippen LogP contribution in [0.1, 0.15) is 11.1 Å². The summed E-state index contributed by atoms with van der Waals surface area (Å²) in [6, 6.07) is 27.3. The molecule has 3 aromatic rings. The van der Waals surface area contributed by atoms with Crippen LogP contribution in [-0.2, 0) is 5.60 Å². The first kappa shape index (κ1) is 15.7. The summed E-state index contributed by atoms with van der Waals surface area (Å²) in [5.74, 6) is 0.495. The summed E-state index contributed by atoms with van der Waals surface area (Å²) < 4.78 is 0. The van der Waals surface area contributed by atoms with E-state index in [2.05, 4.69) is 0 Å². The molecule has 23 heavy (non-hydrogen) atoms. The van der Waals surface area contributed by atoms with E-state index in [4.69, 9.17) is 5.73 Å². The van der Waals surface area contributed by atoms with Crippen LogP contribution < -0.4 is 5.73 Å². The highest BCUT2D eigenvalue weighted by atomic mass is 32.2. The third-order valence-electron chi connectivity index (χ3n) is 3.86. The second kappa shape index (κ2) is 6.90. The molecule has 2 nitrogen and oxygen atoms in total. The van der Waals surface area contributed by atoms with Gasteiger partial charge in [0.25, 0.3) is 0 Å². The van der Waals surface area contributed by atoms with Crippen LogP contribution in [0.4, 0.5) is 5.69 Å². The Labute approximate surface area is 141 Å². The minimum atomic E-state index is -1.06. The second-order valence-corrected chi connectivity index (χ2v) is 6.44. The van der Waals surface area contributed by atoms with E-state index < -0.39 is 5.60 Å². The second-order valence-electron chi connectivity index (χ2n) is 5.42. The highest BCUT2D eigenvalue weighted by molar-refractivity contribution is 7.99. The molecular formula is C20H19NOS. The molecule has 116 valence electrons. The number of benzene rings is 3. The van der Waals surface area contributed by atoms with E-state index in [0.29, 0.717) is 5.75 Å². The lowest BCUT2D eigenvalue weighted by atomic mass is 9.88. The zero-order chi connectivity index (χ0) is 16.1. The average Bonchev–Trinajstić information content (AvgIpc) is 2.62. The predicted octanol–water partition coefficient (Wildman–Crippen LogP) is 4.30. The van der Waals surface area contributed by atoms with Crippen LogP contribution in [0, 0.1) is 0 Å². The van der Waals surface area contributed by atoms with Crippen molar-refractivity contribution in [2.75, 3.05) is 11.5 Å². The molecule has 0 aliphatic rings. The molecule has 0 atom stereocenters. The number of rotatable bonds is 5.